The number of aryl methyl sites for hydroxylation is 1. The molecule has 0 saturated carbocycles. The average molecular weight is 253 g/mol. The number of nitrogens with one attached hydrogen (secondary N) is 1. The highest BCUT2D eigenvalue weighted by molar-refractivity contribution is 7.14. The highest BCUT2D eigenvalue weighted by Gasteiger charge is 2.20. The summed E-state index contributed by atoms with van der Waals surface area (Å²) in [5, 5.41) is 3.08. The van der Waals surface area contributed by atoms with E-state index in [1.807, 2.05) is 6.92 Å². The molecule has 1 aromatic rings. The Morgan fingerprint density at radius 1 is 1.65 bits per heavy atom. The molecule has 1 fully saturated rings. The van der Waals surface area contributed by atoms with Crippen molar-refractivity contribution in [3.8, 4) is 0 Å². The lowest BCUT2D eigenvalue weighted by atomic mass is 10.1. The van der Waals surface area contributed by atoms with Crippen molar-refractivity contribution < 1.29 is 4.79 Å². The molecular weight excluding hydrogens is 234 g/mol. The van der Waals surface area contributed by atoms with Crippen LogP contribution >= 0.6 is 11.3 Å². The largest absolute Gasteiger partial charge is 0.398 e. The van der Waals surface area contributed by atoms with E-state index in [0.717, 1.165) is 30.8 Å². The molecule has 4 nitrogen and oxygen atoms in total. The molecule has 3 N–H and O–H groups in total. The molecule has 1 aromatic heterocycles. The van der Waals surface area contributed by atoms with Gasteiger partial charge in [0.2, 0.25) is 0 Å². The van der Waals surface area contributed by atoms with Crippen LogP contribution in [0.4, 0.5) is 5.69 Å². The Morgan fingerprint density at radius 3 is 3.00 bits per heavy atom. The number of thiophene rings is 1. The van der Waals surface area contributed by atoms with E-state index in [9.17, 15) is 4.79 Å². The predicted octanol–water partition coefficient (Wildman–Crippen LogP) is 1.46. The summed E-state index contributed by atoms with van der Waals surface area (Å²) in [6, 6.07) is 2.03. The van der Waals surface area contributed by atoms with Crippen molar-refractivity contribution in [1.82, 2.24) is 10.2 Å². The molecule has 0 radical (unpaired) electrons. The molecule has 1 aliphatic heterocycles. The highest BCUT2D eigenvalue weighted by Crippen LogP contribution is 2.23. The number of hydrogen-bond donors (Lipinski definition) is 2. The van der Waals surface area contributed by atoms with Gasteiger partial charge in [0.05, 0.1) is 4.88 Å². The maximum atomic E-state index is 12.0. The summed E-state index contributed by atoms with van der Waals surface area (Å²) >= 11 is 1.46. The quantitative estimate of drug-likeness (QED) is 0.839. The zero-order valence-corrected chi connectivity index (χ0v) is 11.1. The molecule has 0 spiro atoms. The van der Waals surface area contributed by atoms with Crippen LogP contribution in [0.15, 0.2) is 6.07 Å². The molecule has 0 aliphatic carbocycles. The number of likely N-dealkylation sites (N-methyl/N-ethyl adjacent to an activating group) is 1. The molecule has 1 unspecified atom stereocenters. The maximum Gasteiger partial charge on any atom is 0.261 e. The van der Waals surface area contributed by atoms with E-state index in [-0.39, 0.29) is 11.9 Å². The molecule has 5 heteroatoms. The van der Waals surface area contributed by atoms with Gasteiger partial charge in [0.25, 0.3) is 5.91 Å². The van der Waals surface area contributed by atoms with Crippen LogP contribution in [-0.4, -0.2) is 37.0 Å². The normalized spacial score (nSPS) is 21.4. The number of carbonyl (C=O) groups is 1. The van der Waals surface area contributed by atoms with E-state index in [2.05, 4.69) is 17.3 Å². The summed E-state index contributed by atoms with van der Waals surface area (Å²) in [5.41, 5.74) is 6.47. The van der Waals surface area contributed by atoms with E-state index < -0.39 is 0 Å². The molecule has 2 heterocycles. The Hall–Kier alpha value is -1.07. The molecular formula is C12H19N3OS. The number of piperidine rings is 1. The summed E-state index contributed by atoms with van der Waals surface area (Å²) in [5.74, 6) is 0.00935. The van der Waals surface area contributed by atoms with Crippen molar-refractivity contribution in [1.29, 1.82) is 0 Å². The summed E-state index contributed by atoms with van der Waals surface area (Å²) in [6.07, 6.45) is 2.21. The third-order valence-corrected chi connectivity index (χ3v) is 4.20. The first-order valence-electron chi connectivity index (χ1n) is 5.91. The predicted molar refractivity (Wildman–Crippen MR) is 71.5 cm³/mol. The van der Waals surface area contributed by atoms with Gasteiger partial charge in [-0.1, -0.05) is 0 Å². The second-order valence-corrected chi connectivity index (χ2v) is 5.95. The molecule has 1 saturated heterocycles. The summed E-state index contributed by atoms with van der Waals surface area (Å²) < 4.78 is 0. The number of likely N-dealkylation sites (tertiary alicyclic amines) is 1. The SMILES string of the molecule is Cc1sc(C(=O)NC2CCCN(C)C2)cc1N. The van der Waals surface area contributed by atoms with Gasteiger partial charge in [-0.05, 0) is 39.4 Å². The topological polar surface area (TPSA) is 58.4 Å². The fraction of sp³-hybridized carbons (Fsp3) is 0.583. The zero-order valence-electron chi connectivity index (χ0n) is 10.3. The van der Waals surface area contributed by atoms with Crippen molar-refractivity contribution in [2.45, 2.75) is 25.8 Å². The fourth-order valence-corrected chi connectivity index (χ4v) is 2.99. The lowest BCUT2D eigenvalue weighted by Gasteiger charge is -2.30. The number of rotatable bonds is 2. The van der Waals surface area contributed by atoms with Crippen LogP contribution in [0.1, 0.15) is 27.4 Å². The Bertz CT molecular complexity index is 396. The summed E-state index contributed by atoms with van der Waals surface area (Å²) in [7, 11) is 2.09. The first-order chi connectivity index (χ1) is 8.06. The van der Waals surface area contributed by atoms with Gasteiger partial charge in [-0.25, -0.2) is 0 Å². The van der Waals surface area contributed by atoms with Crippen molar-refractivity contribution in [3.05, 3.63) is 15.8 Å². The van der Waals surface area contributed by atoms with E-state index in [1.165, 1.54) is 11.3 Å². The molecule has 1 aliphatic rings. The third-order valence-electron chi connectivity index (χ3n) is 3.14. The number of carbonyl (C=O) groups excluding carboxylic acids is 1. The maximum absolute atomic E-state index is 12.0. The lowest BCUT2D eigenvalue weighted by molar-refractivity contribution is 0.0916. The summed E-state index contributed by atoms with van der Waals surface area (Å²) in [4.78, 5) is 16.0. The Kier molecular flexibility index (Phi) is 3.69. The second kappa shape index (κ2) is 5.06. The van der Waals surface area contributed by atoms with Crippen LogP contribution in [0.5, 0.6) is 0 Å². The molecule has 17 heavy (non-hydrogen) atoms. The molecule has 94 valence electrons. The number of amides is 1. The molecule has 1 amide bonds. The van der Waals surface area contributed by atoms with Crippen LogP contribution in [-0.2, 0) is 0 Å². The highest BCUT2D eigenvalue weighted by atomic mass is 32.1. The zero-order chi connectivity index (χ0) is 12.4. The Labute approximate surface area is 106 Å². The van der Waals surface area contributed by atoms with Gasteiger partial charge in [-0.2, -0.15) is 0 Å². The molecule has 1 atom stereocenters. The van der Waals surface area contributed by atoms with Crippen LogP contribution in [0.25, 0.3) is 0 Å². The number of nitrogens with zero attached hydrogens (tertiary/aromatic N) is 1. The standard InChI is InChI=1S/C12H19N3OS/c1-8-10(13)6-11(17-8)12(16)14-9-4-3-5-15(2)7-9/h6,9H,3-5,7,13H2,1-2H3,(H,14,16). The Balaban J connectivity index is 1.96. The summed E-state index contributed by atoms with van der Waals surface area (Å²) in [6.45, 7) is 3.99. The van der Waals surface area contributed by atoms with Gasteiger partial charge in [0.15, 0.2) is 0 Å². The van der Waals surface area contributed by atoms with Crippen molar-refractivity contribution >= 4 is 22.9 Å². The number of nitrogen functional groups attached to an aromatic ring is 1. The number of nitrogens with two attached hydrogens (primary N) is 1. The van der Waals surface area contributed by atoms with E-state index >= 15 is 0 Å². The Morgan fingerprint density at radius 2 is 2.41 bits per heavy atom. The number of anilines is 1. The van der Waals surface area contributed by atoms with Gasteiger partial charge in [-0.3, -0.25) is 4.79 Å². The average Bonchev–Trinajstić information content (AvgIpc) is 2.59. The molecule has 0 bridgehead atoms. The van der Waals surface area contributed by atoms with Crippen LogP contribution in [0, 0.1) is 6.92 Å². The van der Waals surface area contributed by atoms with Crippen LogP contribution in [0.2, 0.25) is 0 Å². The lowest BCUT2D eigenvalue weighted by Crippen LogP contribution is -2.46. The smallest absolute Gasteiger partial charge is 0.261 e. The monoisotopic (exact) mass is 253 g/mol. The van der Waals surface area contributed by atoms with Crippen LogP contribution < -0.4 is 11.1 Å². The van der Waals surface area contributed by atoms with Crippen molar-refractivity contribution in [2.75, 3.05) is 25.9 Å². The van der Waals surface area contributed by atoms with Crippen molar-refractivity contribution in [3.63, 3.8) is 0 Å². The first-order valence-corrected chi connectivity index (χ1v) is 6.73. The van der Waals surface area contributed by atoms with Gasteiger partial charge < -0.3 is 16.0 Å². The van der Waals surface area contributed by atoms with E-state index in [0.29, 0.717) is 10.6 Å². The van der Waals surface area contributed by atoms with E-state index in [1.54, 1.807) is 6.07 Å². The molecule has 2 rings (SSSR count). The van der Waals surface area contributed by atoms with E-state index in [4.69, 9.17) is 5.73 Å². The minimum Gasteiger partial charge on any atom is -0.398 e. The van der Waals surface area contributed by atoms with Gasteiger partial charge in [0, 0.05) is 23.2 Å². The third kappa shape index (κ3) is 2.98. The van der Waals surface area contributed by atoms with Gasteiger partial charge in [-0.15, -0.1) is 11.3 Å². The molecule has 0 aromatic carbocycles. The number of hydrogen-bond acceptors (Lipinski definition) is 4. The fourth-order valence-electron chi connectivity index (χ4n) is 2.15. The van der Waals surface area contributed by atoms with Crippen molar-refractivity contribution in [2.24, 2.45) is 0 Å². The minimum absolute atomic E-state index is 0.00935. The second-order valence-electron chi connectivity index (χ2n) is 4.70. The van der Waals surface area contributed by atoms with Gasteiger partial charge in [0.1, 0.15) is 0 Å². The minimum atomic E-state index is 0.00935. The first kappa shape index (κ1) is 12.4. The van der Waals surface area contributed by atoms with Crippen LogP contribution in [0.3, 0.4) is 0 Å². The van der Waals surface area contributed by atoms with Gasteiger partial charge >= 0.3 is 0 Å².